The molecule has 528 valence electrons. The van der Waals surface area contributed by atoms with Gasteiger partial charge in [-0.1, -0.05) is 103 Å². The maximum Gasteiger partial charge on any atom is 0.381 e. The van der Waals surface area contributed by atoms with Crippen LogP contribution < -0.4 is 18.3 Å². The molecule has 0 N–H and O–H groups in total. The van der Waals surface area contributed by atoms with Gasteiger partial charge in [0.15, 0.2) is 17.4 Å². The van der Waals surface area contributed by atoms with Gasteiger partial charge in [-0.25, -0.2) is 24.5 Å². The van der Waals surface area contributed by atoms with Crippen LogP contribution in [-0.4, -0.2) is 38.2 Å². The van der Waals surface area contributed by atoms with Gasteiger partial charge in [-0.2, -0.15) is 13.7 Å². The zero-order valence-corrected chi connectivity index (χ0v) is 62.4. The zero-order chi connectivity index (χ0) is 74.2. The minimum absolute atomic E-state index is 0.885. The fraction of sp³-hybridized carbons (Fsp3) is 0.130. The Labute approximate surface area is 623 Å². The summed E-state index contributed by atoms with van der Waals surface area (Å²) in [4.78, 5) is 18.2. The van der Waals surface area contributed by atoms with Crippen LogP contribution >= 0.6 is 0 Å². The smallest absolute Gasteiger partial charge is 0.381 e. The first-order valence-electron chi connectivity index (χ1n) is 36.1. The Kier molecular flexibility index (Phi) is 17.2. The second kappa shape index (κ2) is 27.5. The highest BCUT2D eigenvalue weighted by Gasteiger charge is 2.28. The molecular weight excluding hydrogens is 1340 g/mol. The summed E-state index contributed by atoms with van der Waals surface area (Å²) in [7, 11) is 16.4. The SMILES string of the molecule is Cc1c(-c2nccn2C)cc2oc3ccccc3c2c1-c1cccc[n+]1C.Cc1c(-c2nccn2C)cccc1-c1cc2c(c[n+]1C)oc1ccccc12.Cc1c(-c2nccn2C)cccc1-c1ccc2c3ccccc3oc2[n+]1C.Cc1c(-c2nccn2C)cccc1-c1ccc2oc3ccccc3c2[n+]1C. The highest BCUT2D eigenvalue weighted by atomic mass is 16.3. The molecule has 0 saturated carbocycles. The third-order valence-corrected chi connectivity index (χ3v) is 21.3. The summed E-state index contributed by atoms with van der Waals surface area (Å²) in [6.07, 6.45) is 19.4. The van der Waals surface area contributed by atoms with Gasteiger partial charge >= 0.3 is 5.71 Å². The molecule has 0 bridgehead atoms. The van der Waals surface area contributed by atoms with E-state index in [1.807, 2.05) is 143 Å². The number of fused-ring (bicyclic) bond motifs is 12. The molecule has 12 aromatic heterocycles. The van der Waals surface area contributed by atoms with E-state index in [2.05, 4.69) is 266 Å². The fourth-order valence-electron chi connectivity index (χ4n) is 15.7. The van der Waals surface area contributed by atoms with E-state index in [0.29, 0.717) is 0 Å². The van der Waals surface area contributed by atoms with Crippen molar-refractivity contribution in [3.8, 4) is 90.6 Å². The molecular formula is C92H80N12O4+4. The number of aromatic nitrogens is 12. The van der Waals surface area contributed by atoms with Crippen molar-refractivity contribution in [1.29, 1.82) is 0 Å². The Bertz CT molecular complexity index is 6790. The van der Waals surface area contributed by atoms with Gasteiger partial charge in [0, 0.05) is 174 Å². The Hall–Kier alpha value is -13.6. The molecule has 0 atom stereocenters. The predicted octanol–water partition coefficient (Wildman–Crippen LogP) is 19.1. The highest BCUT2D eigenvalue weighted by Crippen LogP contribution is 2.43. The van der Waals surface area contributed by atoms with Crippen LogP contribution in [0.3, 0.4) is 0 Å². The number of benzene rings is 8. The molecule has 108 heavy (non-hydrogen) atoms. The van der Waals surface area contributed by atoms with E-state index in [1.54, 1.807) is 0 Å². The molecule has 0 aliphatic carbocycles. The van der Waals surface area contributed by atoms with Crippen LogP contribution in [0.2, 0.25) is 0 Å². The lowest BCUT2D eigenvalue weighted by atomic mass is 9.93. The van der Waals surface area contributed by atoms with Crippen molar-refractivity contribution in [1.82, 2.24) is 38.2 Å². The number of rotatable bonds is 8. The van der Waals surface area contributed by atoms with Crippen LogP contribution in [0.5, 0.6) is 0 Å². The first-order chi connectivity index (χ1) is 52.6. The molecule has 20 aromatic rings. The number of hydrogen-bond acceptors (Lipinski definition) is 8. The summed E-state index contributed by atoms with van der Waals surface area (Å²) in [6, 6.07) is 71.1. The molecule has 16 nitrogen and oxygen atoms in total. The quantitative estimate of drug-likeness (QED) is 0.137. The first-order valence-corrected chi connectivity index (χ1v) is 36.1. The van der Waals surface area contributed by atoms with Crippen LogP contribution in [-0.2, 0) is 56.4 Å². The van der Waals surface area contributed by atoms with Crippen molar-refractivity contribution in [3.63, 3.8) is 0 Å². The summed E-state index contributed by atoms with van der Waals surface area (Å²) in [6.45, 7) is 8.66. The molecule has 0 fully saturated rings. The van der Waals surface area contributed by atoms with Crippen molar-refractivity contribution in [2.75, 3.05) is 0 Å². The van der Waals surface area contributed by atoms with E-state index >= 15 is 0 Å². The topological polar surface area (TPSA) is 139 Å². The van der Waals surface area contributed by atoms with E-state index in [1.165, 1.54) is 44.5 Å². The second-order valence-electron chi connectivity index (χ2n) is 27.8. The molecule has 0 spiro atoms. The van der Waals surface area contributed by atoms with Gasteiger partial charge < -0.3 is 35.9 Å². The van der Waals surface area contributed by atoms with Gasteiger partial charge in [0.25, 0.3) is 5.52 Å². The number of nitrogens with zero attached hydrogens (tertiary/aromatic N) is 12. The number of aryl methyl sites for hydroxylation is 8. The molecule has 16 heteroatoms. The molecule has 0 amide bonds. The number of hydrogen-bond donors (Lipinski definition) is 0. The second-order valence-corrected chi connectivity index (χ2v) is 27.8. The van der Waals surface area contributed by atoms with E-state index < -0.39 is 0 Å². The molecule has 0 aliphatic heterocycles. The van der Waals surface area contributed by atoms with Gasteiger partial charge in [-0.3, -0.25) is 0 Å². The van der Waals surface area contributed by atoms with Gasteiger partial charge in [0.05, 0.1) is 16.3 Å². The minimum atomic E-state index is 0.885. The monoisotopic (exact) mass is 1420 g/mol. The normalized spacial score (nSPS) is 11.5. The fourth-order valence-corrected chi connectivity index (χ4v) is 15.7. The van der Waals surface area contributed by atoms with Crippen LogP contribution in [0.4, 0.5) is 0 Å². The highest BCUT2D eigenvalue weighted by molar-refractivity contribution is 6.14. The van der Waals surface area contributed by atoms with E-state index in [-0.39, 0.29) is 0 Å². The maximum absolute atomic E-state index is 6.24. The molecule has 0 radical (unpaired) electrons. The summed E-state index contributed by atoms with van der Waals surface area (Å²) in [5, 5.41) is 7.99. The van der Waals surface area contributed by atoms with E-state index in [0.717, 1.165) is 156 Å². The molecule has 0 aliphatic rings. The standard InChI is InChI=1S/4C23H20N3O/c1-15-17(23-24-11-13-26(23)3)14-20-22(16-8-4-5-10-19(16)27-20)21(15)18-9-6-7-12-25(18)2;1-15-16(8-6-9-17(15)23-24-11-12-25(23)2)20-13-19-18-7-4-5-10-21(18)27-22(19)14-26(20)3;1-15-16(8-6-9-17(15)22-24-13-14-25(22)2)20-12-11-19-18-7-4-5-10-21(18)27-23(19)26(20)3;1-15-16(8-6-9-17(15)23-24-13-14-25(23)2)19-11-12-21-22(26(19)3)18-7-4-5-10-20(18)27-21/h4*4-14H,1-3H3/q4*+1. The van der Waals surface area contributed by atoms with Crippen LogP contribution in [0.15, 0.2) is 286 Å². The lowest BCUT2D eigenvalue weighted by Gasteiger charge is -2.12. The third-order valence-electron chi connectivity index (χ3n) is 21.3. The summed E-state index contributed by atoms with van der Waals surface area (Å²) < 4.78 is 41.3. The lowest BCUT2D eigenvalue weighted by molar-refractivity contribution is -0.660. The number of para-hydroxylation sites is 4. The molecule has 0 saturated heterocycles. The Morgan fingerprint density at radius 1 is 0.296 bits per heavy atom. The van der Waals surface area contributed by atoms with Gasteiger partial charge in [0.2, 0.25) is 29.0 Å². The van der Waals surface area contributed by atoms with Crippen molar-refractivity contribution in [3.05, 3.63) is 290 Å². The Balaban J connectivity index is 0.000000105. The number of imidazole rings is 4. The molecule has 20 rings (SSSR count). The summed E-state index contributed by atoms with van der Waals surface area (Å²) in [5.41, 5.74) is 27.1. The van der Waals surface area contributed by atoms with Crippen LogP contribution in [0.1, 0.15) is 22.3 Å². The Morgan fingerprint density at radius 2 is 0.722 bits per heavy atom. The van der Waals surface area contributed by atoms with Gasteiger partial charge in [-0.05, 0) is 123 Å². The lowest BCUT2D eigenvalue weighted by Crippen LogP contribution is -2.31. The first kappa shape index (κ1) is 67.6. The maximum atomic E-state index is 6.24. The zero-order valence-electron chi connectivity index (χ0n) is 62.4. The van der Waals surface area contributed by atoms with E-state index in [4.69, 9.17) is 17.7 Å². The van der Waals surface area contributed by atoms with Crippen LogP contribution in [0.25, 0.3) is 179 Å². The van der Waals surface area contributed by atoms with Gasteiger partial charge in [0.1, 0.15) is 79.4 Å². The van der Waals surface area contributed by atoms with Gasteiger partial charge in [-0.15, -0.1) is 0 Å². The largest absolute Gasteiger partial charge is 0.456 e. The summed E-state index contributed by atoms with van der Waals surface area (Å²) >= 11 is 0. The third kappa shape index (κ3) is 11.7. The van der Waals surface area contributed by atoms with Crippen molar-refractivity contribution in [2.24, 2.45) is 56.4 Å². The predicted molar refractivity (Wildman–Crippen MR) is 429 cm³/mol. The number of furan rings is 4. The minimum Gasteiger partial charge on any atom is -0.456 e. The molecule has 12 heterocycles. The van der Waals surface area contributed by atoms with E-state index in [9.17, 15) is 0 Å². The van der Waals surface area contributed by atoms with Crippen molar-refractivity contribution in [2.45, 2.75) is 27.7 Å². The molecule has 0 unspecified atom stereocenters. The average Bonchev–Trinajstić information content (AvgIpc) is 1.55. The van der Waals surface area contributed by atoms with Crippen LogP contribution in [0, 0.1) is 27.7 Å². The van der Waals surface area contributed by atoms with Crippen molar-refractivity contribution >= 4 is 88.0 Å². The average molecular weight is 1420 g/mol. The Morgan fingerprint density at radius 3 is 1.26 bits per heavy atom. The molecule has 8 aromatic carbocycles. The number of pyridine rings is 4. The van der Waals surface area contributed by atoms with Crippen molar-refractivity contribution < 1.29 is 35.9 Å². The summed E-state index contributed by atoms with van der Waals surface area (Å²) in [5.74, 6) is 3.87.